The number of amides is 1. The maximum Gasteiger partial charge on any atom is 0.253 e. The van der Waals surface area contributed by atoms with E-state index in [4.69, 9.17) is 4.74 Å². The molecular formula is C21H32N2O4S. The topological polar surface area (TPSA) is 66.9 Å². The average Bonchev–Trinajstić information content (AvgIpc) is 3.25. The van der Waals surface area contributed by atoms with Crippen LogP contribution >= 0.6 is 0 Å². The average molecular weight is 409 g/mol. The molecule has 1 aliphatic carbocycles. The zero-order valence-electron chi connectivity index (χ0n) is 17.0. The lowest BCUT2D eigenvalue weighted by Crippen LogP contribution is -2.38. The minimum Gasteiger partial charge on any atom is -0.381 e. The summed E-state index contributed by atoms with van der Waals surface area (Å²) in [6.45, 7) is 4.73. The highest BCUT2D eigenvalue weighted by molar-refractivity contribution is 7.89. The highest BCUT2D eigenvalue weighted by atomic mass is 32.2. The van der Waals surface area contributed by atoms with E-state index >= 15 is 0 Å². The number of benzene rings is 1. The van der Waals surface area contributed by atoms with Gasteiger partial charge in [0, 0.05) is 44.3 Å². The third-order valence-electron chi connectivity index (χ3n) is 6.04. The van der Waals surface area contributed by atoms with Gasteiger partial charge in [0.15, 0.2) is 0 Å². The number of hydrogen-bond acceptors (Lipinski definition) is 4. The number of ether oxygens (including phenoxy) is 1. The first-order valence-corrected chi connectivity index (χ1v) is 11.8. The van der Waals surface area contributed by atoms with E-state index in [0.717, 1.165) is 38.7 Å². The Labute approximate surface area is 168 Å². The summed E-state index contributed by atoms with van der Waals surface area (Å²) in [7, 11) is -1.86. The molecule has 3 rings (SSSR count). The molecule has 28 heavy (non-hydrogen) atoms. The fourth-order valence-electron chi connectivity index (χ4n) is 4.15. The summed E-state index contributed by atoms with van der Waals surface area (Å²) >= 11 is 0. The lowest BCUT2D eigenvalue weighted by molar-refractivity contribution is 0.0730. The second-order valence-corrected chi connectivity index (χ2v) is 9.91. The molecule has 1 heterocycles. The highest BCUT2D eigenvalue weighted by Gasteiger charge is 2.29. The van der Waals surface area contributed by atoms with Gasteiger partial charge in [-0.2, -0.15) is 4.31 Å². The number of sulfonamides is 1. The van der Waals surface area contributed by atoms with Crippen molar-refractivity contribution in [3.8, 4) is 0 Å². The van der Waals surface area contributed by atoms with Crippen LogP contribution in [0.15, 0.2) is 29.2 Å². The predicted molar refractivity (Wildman–Crippen MR) is 109 cm³/mol. The van der Waals surface area contributed by atoms with Gasteiger partial charge in [0.05, 0.1) is 11.5 Å². The number of nitrogens with zero attached hydrogens (tertiary/aromatic N) is 2. The molecule has 1 saturated heterocycles. The second-order valence-electron chi connectivity index (χ2n) is 7.91. The molecule has 156 valence electrons. The lowest BCUT2D eigenvalue weighted by Gasteiger charge is -2.30. The van der Waals surface area contributed by atoms with Crippen molar-refractivity contribution in [2.45, 2.75) is 56.4 Å². The summed E-state index contributed by atoms with van der Waals surface area (Å²) in [4.78, 5) is 14.9. The maximum absolute atomic E-state index is 12.9. The van der Waals surface area contributed by atoms with Crippen LogP contribution < -0.4 is 0 Å². The predicted octanol–water partition coefficient (Wildman–Crippen LogP) is 3.14. The molecule has 1 atom stereocenters. The van der Waals surface area contributed by atoms with E-state index in [1.165, 1.54) is 10.7 Å². The van der Waals surface area contributed by atoms with Crippen molar-refractivity contribution in [1.29, 1.82) is 0 Å². The Balaban J connectivity index is 1.69. The van der Waals surface area contributed by atoms with Crippen LogP contribution in [0.1, 0.15) is 55.8 Å². The van der Waals surface area contributed by atoms with Crippen LogP contribution in [0.25, 0.3) is 0 Å². The van der Waals surface area contributed by atoms with Crippen LogP contribution in [-0.2, 0) is 14.8 Å². The first-order valence-electron chi connectivity index (χ1n) is 10.4. The van der Waals surface area contributed by atoms with Gasteiger partial charge in [0.25, 0.3) is 5.91 Å². The summed E-state index contributed by atoms with van der Waals surface area (Å²) in [5.41, 5.74) is 0.528. The molecule has 7 heteroatoms. The van der Waals surface area contributed by atoms with E-state index in [9.17, 15) is 13.2 Å². The zero-order chi connectivity index (χ0) is 20.1. The molecule has 0 spiro atoms. The summed E-state index contributed by atoms with van der Waals surface area (Å²) in [5, 5.41) is 0. The number of hydrogen-bond donors (Lipinski definition) is 0. The molecule has 0 bridgehead atoms. The fourth-order valence-corrected chi connectivity index (χ4v) is 5.57. The summed E-state index contributed by atoms with van der Waals surface area (Å²) in [6.07, 6.45) is 6.16. The zero-order valence-corrected chi connectivity index (χ0v) is 17.8. The van der Waals surface area contributed by atoms with E-state index in [-0.39, 0.29) is 16.8 Å². The quantitative estimate of drug-likeness (QED) is 0.695. The summed E-state index contributed by atoms with van der Waals surface area (Å²) < 4.78 is 32.8. The molecule has 1 aromatic rings. The molecule has 2 aliphatic rings. The third-order valence-corrected chi connectivity index (χ3v) is 7.96. The largest absolute Gasteiger partial charge is 0.381 e. The van der Waals surface area contributed by atoms with Gasteiger partial charge in [-0.1, -0.05) is 19.3 Å². The van der Waals surface area contributed by atoms with Gasteiger partial charge in [0.2, 0.25) is 10.0 Å². The van der Waals surface area contributed by atoms with Crippen LogP contribution in [0, 0.1) is 5.92 Å². The van der Waals surface area contributed by atoms with E-state index in [1.54, 1.807) is 31.3 Å². The monoisotopic (exact) mass is 408 g/mol. The Bertz CT molecular complexity index is 751. The molecule has 0 aromatic heterocycles. The molecule has 0 N–H and O–H groups in total. The van der Waals surface area contributed by atoms with Crippen molar-refractivity contribution in [3.63, 3.8) is 0 Å². The van der Waals surface area contributed by atoms with E-state index in [0.29, 0.717) is 31.2 Å². The van der Waals surface area contributed by atoms with Crippen LogP contribution in [-0.4, -0.2) is 62.9 Å². The second kappa shape index (κ2) is 9.37. The summed E-state index contributed by atoms with van der Waals surface area (Å²) in [6, 6.07) is 6.47. The van der Waals surface area contributed by atoms with E-state index < -0.39 is 10.0 Å². The molecule has 1 unspecified atom stereocenters. The SMILES string of the molecule is CCN(CC1CCOC1)C(=O)c1ccc(S(=O)(=O)N(C)C2CCCCC2)cc1. The molecule has 2 fully saturated rings. The van der Waals surface area contributed by atoms with Gasteiger partial charge in [0.1, 0.15) is 0 Å². The first kappa shape index (κ1) is 21.3. The van der Waals surface area contributed by atoms with Crippen LogP contribution in [0.4, 0.5) is 0 Å². The van der Waals surface area contributed by atoms with Gasteiger partial charge in [-0.05, 0) is 50.5 Å². The van der Waals surface area contributed by atoms with Crippen molar-refractivity contribution in [1.82, 2.24) is 9.21 Å². The van der Waals surface area contributed by atoms with Gasteiger partial charge in [-0.3, -0.25) is 4.79 Å². The van der Waals surface area contributed by atoms with Crippen molar-refractivity contribution in [2.24, 2.45) is 5.92 Å². The van der Waals surface area contributed by atoms with Crippen molar-refractivity contribution >= 4 is 15.9 Å². The maximum atomic E-state index is 12.9. The van der Waals surface area contributed by atoms with E-state index in [1.807, 2.05) is 11.8 Å². The Morgan fingerprint density at radius 2 is 1.79 bits per heavy atom. The molecule has 1 aromatic carbocycles. The number of rotatable bonds is 7. The van der Waals surface area contributed by atoms with Gasteiger partial charge >= 0.3 is 0 Å². The normalized spacial score (nSPS) is 21.2. The molecular weight excluding hydrogens is 376 g/mol. The molecule has 1 aliphatic heterocycles. The Morgan fingerprint density at radius 3 is 2.36 bits per heavy atom. The van der Waals surface area contributed by atoms with Gasteiger partial charge in [-0.25, -0.2) is 8.42 Å². The van der Waals surface area contributed by atoms with Gasteiger partial charge < -0.3 is 9.64 Å². The first-order chi connectivity index (χ1) is 13.4. The summed E-state index contributed by atoms with van der Waals surface area (Å²) in [5.74, 6) is 0.326. The van der Waals surface area contributed by atoms with Crippen LogP contribution in [0.3, 0.4) is 0 Å². The van der Waals surface area contributed by atoms with Crippen molar-refractivity contribution in [2.75, 3.05) is 33.4 Å². The van der Waals surface area contributed by atoms with Crippen LogP contribution in [0.2, 0.25) is 0 Å². The van der Waals surface area contributed by atoms with Gasteiger partial charge in [-0.15, -0.1) is 0 Å². The van der Waals surface area contributed by atoms with Crippen molar-refractivity contribution < 1.29 is 17.9 Å². The molecule has 1 saturated carbocycles. The third kappa shape index (κ3) is 4.75. The molecule has 6 nitrogen and oxygen atoms in total. The Hall–Kier alpha value is -1.44. The van der Waals surface area contributed by atoms with Crippen molar-refractivity contribution in [3.05, 3.63) is 29.8 Å². The minimum atomic E-state index is -3.53. The fraction of sp³-hybridized carbons (Fsp3) is 0.667. The standard InChI is InChI=1S/C21H32N2O4S/c1-3-23(15-17-13-14-27-16-17)21(24)18-9-11-20(12-10-18)28(25,26)22(2)19-7-5-4-6-8-19/h9-12,17,19H,3-8,13-16H2,1-2H3. The number of carbonyl (C=O) groups excluding carboxylic acids is 1. The van der Waals surface area contributed by atoms with Crippen LogP contribution in [0.5, 0.6) is 0 Å². The minimum absolute atomic E-state index is 0.0565. The molecule has 0 radical (unpaired) electrons. The lowest BCUT2D eigenvalue weighted by atomic mass is 9.96. The highest BCUT2D eigenvalue weighted by Crippen LogP contribution is 2.26. The Morgan fingerprint density at radius 1 is 1.11 bits per heavy atom. The molecule has 1 amide bonds. The smallest absolute Gasteiger partial charge is 0.253 e. The number of carbonyl (C=O) groups is 1. The Kier molecular flexibility index (Phi) is 7.12. The van der Waals surface area contributed by atoms with E-state index in [2.05, 4.69) is 0 Å².